The SMILES string of the molecule is CCOC(=O)c1sc(N2C(=O)c3oc4ccc(Cl)cc4c(=O)c3C2c2ccc(SC)cc2)nc1C. The molecule has 1 unspecified atom stereocenters. The highest BCUT2D eigenvalue weighted by atomic mass is 35.5. The second-order valence-corrected chi connectivity index (χ2v) is 10.1. The second kappa shape index (κ2) is 9.14. The summed E-state index contributed by atoms with van der Waals surface area (Å²) >= 11 is 8.78. The van der Waals surface area contributed by atoms with Gasteiger partial charge in [0.25, 0.3) is 5.91 Å². The van der Waals surface area contributed by atoms with E-state index < -0.39 is 17.9 Å². The van der Waals surface area contributed by atoms with E-state index in [4.69, 9.17) is 20.8 Å². The number of hydrogen-bond donors (Lipinski definition) is 0. The highest BCUT2D eigenvalue weighted by Gasteiger charge is 2.45. The van der Waals surface area contributed by atoms with E-state index in [0.29, 0.717) is 26.5 Å². The van der Waals surface area contributed by atoms with Crippen LogP contribution in [0.15, 0.2) is 56.6 Å². The number of anilines is 1. The fourth-order valence-electron chi connectivity index (χ4n) is 4.12. The van der Waals surface area contributed by atoms with Gasteiger partial charge in [-0.1, -0.05) is 35.1 Å². The molecule has 2 aromatic heterocycles. The second-order valence-electron chi connectivity index (χ2n) is 7.80. The molecule has 7 nitrogen and oxygen atoms in total. The Morgan fingerprint density at radius 2 is 1.97 bits per heavy atom. The standard InChI is InChI=1S/C25H19ClN2O5S2/c1-4-32-24(31)22-12(2)27-25(35-22)28-19(13-5-8-15(34-3)9-6-13)18-20(29)16-11-14(26)7-10-17(16)33-21(18)23(28)30/h5-11,19H,4H2,1-3H3. The number of carbonyl (C=O) groups is 2. The van der Waals surface area contributed by atoms with E-state index in [1.165, 1.54) is 11.0 Å². The number of rotatable bonds is 5. The van der Waals surface area contributed by atoms with Crippen molar-refractivity contribution in [2.45, 2.75) is 24.8 Å². The number of benzene rings is 2. The third-order valence-corrected chi connectivity index (χ3v) is 7.83. The predicted octanol–water partition coefficient (Wildman–Crippen LogP) is 5.86. The van der Waals surface area contributed by atoms with Gasteiger partial charge < -0.3 is 9.15 Å². The van der Waals surface area contributed by atoms with Gasteiger partial charge in [0.1, 0.15) is 10.5 Å². The molecule has 5 rings (SSSR count). The summed E-state index contributed by atoms with van der Waals surface area (Å²) in [5.41, 5.74) is 1.31. The Balaban J connectivity index is 1.74. The summed E-state index contributed by atoms with van der Waals surface area (Å²) in [6.45, 7) is 3.62. The summed E-state index contributed by atoms with van der Waals surface area (Å²) < 4.78 is 11.1. The van der Waals surface area contributed by atoms with Crippen molar-refractivity contribution in [3.63, 3.8) is 0 Å². The van der Waals surface area contributed by atoms with Gasteiger partial charge in [0.15, 0.2) is 10.6 Å². The van der Waals surface area contributed by atoms with Crippen LogP contribution in [0, 0.1) is 6.92 Å². The lowest BCUT2D eigenvalue weighted by atomic mass is 9.99. The molecule has 0 spiro atoms. The lowest BCUT2D eigenvalue weighted by Gasteiger charge is -2.22. The number of amides is 1. The maximum Gasteiger partial charge on any atom is 0.350 e. The number of ether oxygens (including phenoxy) is 1. The number of esters is 1. The lowest BCUT2D eigenvalue weighted by molar-refractivity contribution is 0.0531. The molecule has 0 fully saturated rings. The summed E-state index contributed by atoms with van der Waals surface area (Å²) in [7, 11) is 0. The smallest absolute Gasteiger partial charge is 0.350 e. The molecule has 1 amide bonds. The molecule has 1 aliphatic heterocycles. The highest BCUT2D eigenvalue weighted by molar-refractivity contribution is 7.98. The van der Waals surface area contributed by atoms with Gasteiger partial charge in [-0.25, -0.2) is 9.78 Å². The van der Waals surface area contributed by atoms with Crippen molar-refractivity contribution >= 4 is 62.7 Å². The van der Waals surface area contributed by atoms with E-state index in [9.17, 15) is 14.4 Å². The van der Waals surface area contributed by atoms with Crippen LogP contribution in [0.1, 0.15) is 50.0 Å². The number of aromatic nitrogens is 1. The number of thioether (sulfide) groups is 1. The van der Waals surface area contributed by atoms with Gasteiger partial charge in [-0.15, -0.1) is 11.8 Å². The number of thiazole rings is 1. The highest BCUT2D eigenvalue weighted by Crippen LogP contribution is 2.43. The fraction of sp³-hybridized carbons (Fsp3) is 0.200. The van der Waals surface area contributed by atoms with Crippen molar-refractivity contribution < 1.29 is 18.7 Å². The number of aryl methyl sites for hydroxylation is 1. The number of nitrogens with zero attached hydrogens (tertiary/aromatic N) is 2. The Labute approximate surface area is 213 Å². The van der Waals surface area contributed by atoms with Gasteiger partial charge >= 0.3 is 5.97 Å². The van der Waals surface area contributed by atoms with E-state index in [1.807, 2.05) is 30.5 Å². The molecule has 0 saturated carbocycles. The Hall–Kier alpha value is -3.14. The first-order chi connectivity index (χ1) is 16.8. The molecule has 0 N–H and O–H groups in total. The summed E-state index contributed by atoms with van der Waals surface area (Å²) in [6.07, 6.45) is 1.97. The number of carbonyl (C=O) groups excluding carboxylic acids is 2. The molecule has 0 saturated heterocycles. The molecule has 178 valence electrons. The number of hydrogen-bond acceptors (Lipinski definition) is 8. The minimum atomic E-state index is -0.784. The first-order valence-electron chi connectivity index (χ1n) is 10.7. The molecule has 4 aromatic rings. The fourth-order valence-corrected chi connectivity index (χ4v) is 5.68. The predicted molar refractivity (Wildman–Crippen MR) is 137 cm³/mol. The van der Waals surface area contributed by atoms with Crippen molar-refractivity contribution in [3.05, 3.63) is 85.2 Å². The van der Waals surface area contributed by atoms with Gasteiger partial charge in [-0.05, 0) is 56.0 Å². The maximum absolute atomic E-state index is 13.7. The average molecular weight is 527 g/mol. The van der Waals surface area contributed by atoms with E-state index in [-0.39, 0.29) is 34.1 Å². The minimum absolute atomic E-state index is 0.0469. The Bertz CT molecular complexity index is 1540. The zero-order valence-electron chi connectivity index (χ0n) is 19.0. The quantitative estimate of drug-likeness (QED) is 0.237. The molecule has 0 bridgehead atoms. The van der Waals surface area contributed by atoms with Crippen molar-refractivity contribution in [3.8, 4) is 0 Å². The Kier molecular flexibility index (Phi) is 6.16. The van der Waals surface area contributed by atoms with Crippen LogP contribution in [0.2, 0.25) is 5.02 Å². The normalized spacial score (nSPS) is 15.0. The Morgan fingerprint density at radius 1 is 1.23 bits per heavy atom. The molecule has 0 aliphatic carbocycles. The van der Waals surface area contributed by atoms with Gasteiger partial charge in [-0.3, -0.25) is 14.5 Å². The number of fused-ring (bicyclic) bond motifs is 2. The van der Waals surface area contributed by atoms with Gasteiger partial charge in [0, 0.05) is 9.92 Å². The Morgan fingerprint density at radius 3 is 2.66 bits per heavy atom. The van der Waals surface area contributed by atoms with Gasteiger partial charge in [0.05, 0.1) is 29.3 Å². The van der Waals surface area contributed by atoms with Crippen molar-refractivity contribution in [1.82, 2.24) is 4.98 Å². The van der Waals surface area contributed by atoms with E-state index in [0.717, 1.165) is 16.2 Å². The van der Waals surface area contributed by atoms with Crippen LogP contribution >= 0.6 is 34.7 Å². The van der Waals surface area contributed by atoms with Crippen LogP contribution in [0.3, 0.4) is 0 Å². The molecule has 2 aromatic carbocycles. The van der Waals surface area contributed by atoms with Gasteiger partial charge in [0.2, 0.25) is 5.76 Å². The molecular formula is C25H19ClN2O5S2. The summed E-state index contributed by atoms with van der Waals surface area (Å²) in [5.74, 6) is -1.06. The van der Waals surface area contributed by atoms with E-state index in [1.54, 1.807) is 37.7 Å². The molecule has 0 radical (unpaired) electrons. The maximum atomic E-state index is 13.7. The lowest BCUT2D eigenvalue weighted by Crippen LogP contribution is -2.29. The average Bonchev–Trinajstić information content (AvgIpc) is 3.37. The van der Waals surface area contributed by atoms with Crippen LogP contribution in [0.25, 0.3) is 11.0 Å². The zero-order valence-corrected chi connectivity index (χ0v) is 21.3. The van der Waals surface area contributed by atoms with Crippen LogP contribution in [-0.2, 0) is 4.74 Å². The van der Waals surface area contributed by atoms with Crippen LogP contribution in [0.4, 0.5) is 5.13 Å². The van der Waals surface area contributed by atoms with Crippen molar-refractivity contribution in [2.24, 2.45) is 0 Å². The van der Waals surface area contributed by atoms with Crippen LogP contribution in [-0.4, -0.2) is 29.7 Å². The first-order valence-corrected chi connectivity index (χ1v) is 13.1. The molecular weight excluding hydrogens is 508 g/mol. The minimum Gasteiger partial charge on any atom is -0.462 e. The third-order valence-electron chi connectivity index (χ3n) is 5.72. The summed E-state index contributed by atoms with van der Waals surface area (Å²) in [6, 6.07) is 11.5. The number of halogens is 1. The van der Waals surface area contributed by atoms with Gasteiger partial charge in [-0.2, -0.15) is 0 Å². The molecule has 3 heterocycles. The zero-order chi connectivity index (χ0) is 24.9. The van der Waals surface area contributed by atoms with Crippen LogP contribution in [0.5, 0.6) is 0 Å². The topological polar surface area (TPSA) is 89.7 Å². The van der Waals surface area contributed by atoms with Crippen LogP contribution < -0.4 is 10.3 Å². The molecule has 10 heteroatoms. The largest absolute Gasteiger partial charge is 0.462 e. The first kappa shape index (κ1) is 23.6. The van der Waals surface area contributed by atoms with E-state index in [2.05, 4.69) is 4.98 Å². The summed E-state index contributed by atoms with van der Waals surface area (Å²) in [4.78, 5) is 47.1. The van der Waals surface area contributed by atoms with Crippen molar-refractivity contribution in [2.75, 3.05) is 17.8 Å². The monoisotopic (exact) mass is 526 g/mol. The van der Waals surface area contributed by atoms with E-state index >= 15 is 0 Å². The molecule has 35 heavy (non-hydrogen) atoms. The molecule has 1 atom stereocenters. The van der Waals surface area contributed by atoms with Crippen molar-refractivity contribution in [1.29, 1.82) is 0 Å². The third kappa shape index (κ3) is 3.93. The summed E-state index contributed by atoms with van der Waals surface area (Å²) in [5, 5.41) is 0.961. The molecule has 1 aliphatic rings.